The molecule has 0 aliphatic heterocycles. The van der Waals surface area contributed by atoms with E-state index in [4.69, 9.17) is 21.1 Å². The maximum atomic E-state index is 12.2. The number of aryl methyl sites for hydroxylation is 1. The Balaban J connectivity index is 1.95. The van der Waals surface area contributed by atoms with Gasteiger partial charge in [0.15, 0.2) is 6.10 Å². The molecular weight excluding hydrogens is 314 g/mol. The maximum Gasteiger partial charge on any atom is 0.261 e. The normalized spacial score (nSPS) is 11.7. The van der Waals surface area contributed by atoms with Gasteiger partial charge in [-0.05, 0) is 43.7 Å². The topological polar surface area (TPSA) is 47.6 Å². The van der Waals surface area contributed by atoms with E-state index < -0.39 is 6.10 Å². The van der Waals surface area contributed by atoms with E-state index in [2.05, 4.69) is 5.32 Å². The third-order valence-electron chi connectivity index (χ3n) is 3.46. The molecule has 5 heteroatoms. The first-order valence-electron chi connectivity index (χ1n) is 7.33. The molecular formula is C18H20ClNO3. The average molecular weight is 334 g/mol. The van der Waals surface area contributed by atoms with Crippen molar-refractivity contribution < 1.29 is 14.3 Å². The van der Waals surface area contributed by atoms with Crippen LogP contribution in [0.4, 0.5) is 0 Å². The molecule has 2 aromatic carbocycles. The zero-order chi connectivity index (χ0) is 16.8. The number of methoxy groups -OCH3 is 1. The Labute approximate surface area is 141 Å². The Morgan fingerprint density at radius 3 is 2.65 bits per heavy atom. The summed E-state index contributed by atoms with van der Waals surface area (Å²) in [7, 11) is 1.61. The molecule has 2 rings (SSSR count). The van der Waals surface area contributed by atoms with Crippen LogP contribution in [-0.4, -0.2) is 19.1 Å². The van der Waals surface area contributed by atoms with Gasteiger partial charge in [0.2, 0.25) is 0 Å². The molecule has 0 saturated heterocycles. The van der Waals surface area contributed by atoms with Crippen LogP contribution in [0.3, 0.4) is 0 Å². The lowest BCUT2D eigenvalue weighted by Gasteiger charge is -2.17. The summed E-state index contributed by atoms with van der Waals surface area (Å²) in [4.78, 5) is 12.2. The highest BCUT2D eigenvalue weighted by Crippen LogP contribution is 2.23. The van der Waals surface area contributed by atoms with Crippen LogP contribution >= 0.6 is 11.6 Å². The Bertz CT molecular complexity index is 688. The Morgan fingerprint density at radius 2 is 1.96 bits per heavy atom. The zero-order valence-corrected chi connectivity index (χ0v) is 14.2. The minimum absolute atomic E-state index is 0.190. The summed E-state index contributed by atoms with van der Waals surface area (Å²) < 4.78 is 11.0. The number of rotatable bonds is 6. The number of hydrogen-bond donors (Lipinski definition) is 1. The summed E-state index contributed by atoms with van der Waals surface area (Å²) >= 11 is 5.92. The van der Waals surface area contributed by atoms with E-state index in [1.165, 1.54) is 0 Å². The smallest absolute Gasteiger partial charge is 0.261 e. The second-order valence-electron chi connectivity index (χ2n) is 5.20. The van der Waals surface area contributed by atoms with Crippen LogP contribution < -0.4 is 14.8 Å². The molecule has 0 spiro atoms. The predicted octanol–water partition coefficient (Wildman–Crippen LogP) is 3.74. The summed E-state index contributed by atoms with van der Waals surface area (Å²) in [5.74, 6) is 1.20. The van der Waals surface area contributed by atoms with Crippen LogP contribution in [0, 0.1) is 6.92 Å². The molecule has 0 fully saturated rings. The molecule has 0 aliphatic rings. The standard InChI is InChI=1S/C18H20ClNO3/c1-12-10-15(19)8-9-16(12)23-13(2)18(21)20-11-14-6-4-5-7-17(14)22-3/h4-10,13H,11H2,1-3H3,(H,20,21)/t13-/m0/s1. The highest BCUT2D eigenvalue weighted by molar-refractivity contribution is 6.30. The van der Waals surface area contributed by atoms with Crippen molar-refractivity contribution in [2.45, 2.75) is 26.5 Å². The summed E-state index contributed by atoms with van der Waals surface area (Å²) in [6.45, 7) is 3.99. The van der Waals surface area contributed by atoms with Crippen molar-refractivity contribution >= 4 is 17.5 Å². The molecule has 0 bridgehead atoms. The van der Waals surface area contributed by atoms with Crippen molar-refractivity contribution in [2.75, 3.05) is 7.11 Å². The average Bonchev–Trinajstić information content (AvgIpc) is 2.55. The summed E-state index contributed by atoms with van der Waals surface area (Å²) in [5.41, 5.74) is 1.81. The summed E-state index contributed by atoms with van der Waals surface area (Å²) in [6, 6.07) is 12.9. The Kier molecular flexibility index (Phi) is 5.88. The second-order valence-corrected chi connectivity index (χ2v) is 5.64. The SMILES string of the molecule is COc1ccccc1CNC(=O)[C@H](C)Oc1ccc(Cl)cc1C. The number of halogens is 1. The fraction of sp³-hybridized carbons (Fsp3) is 0.278. The van der Waals surface area contributed by atoms with Crippen LogP contribution in [0.15, 0.2) is 42.5 Å². The Morgan fingerprint density at radius 1 is 1.22 bits per heavy atom. The molecule has 0 unspecified atom stereocenters. The number of amides is 1. The van der Waals surface area contributed by atoms with Crippen molar-refractivity contribution in [3.05, 3.63) is 58.6 Å². The lowest BCUT2D eigenvalue weighted by atomic mass is 10.2. The first-order valence-corrected chi connectivity index (χ1v) is 7.71. The third kappa shape index (κ3) is 4.63. The van der Waals surface area contributed by atoms with Crippen molar-refractivity contribution in [1.29, 1.82) is 0 Å². The van der Waals surface area contributed by atoms with Gasteiger partial charge in [-0.1, -0.05) is 29.8 Å². The van der Waals surface area contributed by atoms with Crippen LogP contribution in [0.5, 0.6) is 11.5 Å². The maximum absolute atomic E-state index is 12.2. The van der Waals surface area contributed by atoms with Crippen LogP contribution in [0.1, 0.15) is 18.1 Å². The van der Waals surface area contributed by atoms with Gasteiger partial charge >= 0.3 is 0 Å². The molecule has 23 heavy (non-hydrogen) atoms. The molecule has 4 nitrogen and oxygen atoms in total. The third-order valence-corrected chi connectivity index (χ3v) is 3.69. The zero-order valence-electron chi connectivity index (χ0n) is 13.4. The van der Waals surface area contributed by atoms with Gasteiger partial charge in [0, 0.05) is 17.1 Å². The van der Waals surface area contributed by atoms with Gasteiger partial charge in [-0.15, -0.1) is 0 Å². The van der Waals surface area contributed by atoms with E-state index >= 15 is 0 Å². The molecule has 0 saturated carbocycles. The minimum atomic E-state index is -0.607. The van der Waals surface area contributed by atoms with E-state index in [1.54, 1.807) is 32.2 Å². The van der Waals surface area contributed by atoms with E-state index in [0.717, 1.165) is 16.9 Å². The first-order chi connectivity index (χ1) is 11.0. The molecule has 0 aliphatic carbocycles. The van der Waals surface area contributed by atoms with Gasteiger partial charge in [-0.2, -0.15) is 0 Å². The van der Waals surface area contributed by atoms with Gasteiger partial charge in [-0.3, -0.25) is 4.79 Å². The van der Waals surface area contributed by atoms with Crippen LogP contribution in [-0.2, 0) is 11.3 Å². The van der Waals surface area contributed by atoms with Crippen molar-refractivity contribution in [3.8, 4) is 11.5 Å². The van der Waals surface area contributed by atoms with E-state index in [9.17, 15) is 4.79 Å². The van der Waals surface area contributed by atoms with Crippen LogP contribution in [0.25, 0.3) is 0 Å². The predicted molar refractivity (Wildman–Crippen MR) is 91.1 cm³/mol. The van der Waals surface area contributed by atoms with Gasteiger partial charge in [0.05, 0.1) is 7.11 Å². The minimum Gasteiger partial charge on any atom is -0.496 e. The fourth-order valence-corrected chi connectivity index (χ4v) is 2.39. The van der Waals surface area contributed by atoms with E-state index in [1.807, 2.05) is 31.2 Å². The number of hydrogen-bond acceptors (Lipinski definition) is 3. The molecule has 0 radical (unpaired) electrons. The molecule has 0 heterocycles. The van der Waals surface area contributed by atoms with Crippen molar-refractivity contribution in [3.63, 3.8) is 0 Å². The van der Waals surface area contributed by atoms with E-state index in [0.29, 0.717) is 17.3 Å². The lowest BCUT2D eigenvalue weighted by Crippen LogP contribution is -2.36. The molecule has 1 amide bonds. The van der Waals surface area contributed by atoms with Gasteiger partial charge in [0.1, 0.15) is 11.5 Å². The number of para-hydroxylation sites is 1. The number of nitrogens with one attached hydrogen (secondary N) is 1. The molecule has 2 aromatic rings. The van der Waals surface area contributed by atoms with Gasteiger partial charge in [-0.25, -0.2) is 0 Å². The number of ether oxygens (including phenoxy) is 2. The molecule has 1 atom stereocenters. The second kappa shape index (κ2) is 7.88. The first kappa shape index (κ1) is 17.2. The number of carbonyl (C=O) groups excluding carboxylic acids is 1. The number of benzene rings is 2. The lowest BCUT2D eigenvalue weighted by molar-refractivity contribution is -0.127. The van der Waals surface area contributed by atoms with E-state index in [-0.39, 0.29) is 5.91 Å². The van der Waals surface area contributed by atoms with Crippen molar-refractivity contribution in [1.82, 2.24) is 5.32 Å². The molecule has 0 aromatic heterocycles. The summed E-state index contributed by atoms with van der Waals surface area (Å²) in [5, 5.41) is 3.50. The highest BCUT2D eigenvalue weighted by Gasteiger charge is 2.16. The van der Waals surface area contributed by atoms with Crippen molar-refractivity contribution in [2.24, 2.45) is 0 Å². The molecule has 122 valence electrons. The molecule has 1 N–H and O–H groups in total. The fourth-order valence-electron chi connectivity index (χ4n) is 2.16. The van der Waals surface area contributed by atoms with Gasteiger partial charge < -0.3 is 14.8 Å². The van der Waals surface area contributed by atoms with Crippen LogP contribution in [0.2, 0.25) is 5.02 Å². The Hall–Kier alpha value is -2.20. The largest absolute Gasteiger partial charge is 0.496 e. The highest BCUT2D eigenvalue weighted by atomic mass is 35.5. The van der Waals surface area contributed by atoms with Gasteiger partial charge in [0.25, 0.3) is 5.91 Å². The monoisotopic (exact) mass is 333 g/mol. The number of carbonyl (C=O) groups is 1. The quantitative estimate of drug-likeness (QED) is 0.876. The summed E-state index contributed by atoms with van der Waals surface area (Å²) in [6.07, 6.45) is -0.607.